The number of nitrogens with zero attached hydrogens (tertiary/aromatic N) is 1. The van der Waals surface area contributed by atoms with Gasteiger partial charge in [0.2, 0.25) is 5.92 Å². The van der Waals surface area contributed by atoms with Crippen LogP contribution in [0, 0.1) is 5.92 Å². The normalized spacial score (nSPS) is 22.1. The maximum atomic E-state index is 13.5. The van der Waals surface area contributed by atoms with Crippen LogP contribution < -0.4 is 4.72 Å². The molecule has 10 heteroatoms. The lowest BCUT2D eigenvalue weighted by Gasteiger charge is -2.19. The second-order valence-corrected chi connectivity index (χ2v) is 7.62. The second-order valence-electron chi connectivity index (χ2n) is 5.91. The van der Waals surface area contributed by atoms with Crippen molar-refractivity contribution in [3.8, 4) is 0 Å². The first-order valence-corrected chi connectivity index (χ1v) is 8.89. The third-order valence-electron chi connectivity index (χ3n) is 3.89. The molecule has 0 aromatic carbocycles. The number of nitrogens with one attached hydrogen (secondary N) is 1. The van der Waals surface area contributed by atoms with Crippen LogP contribution in [0.15, 0.2) is 23.4 Å². The Labute approximate surface area is 136 Å². The first-order valence-electron chi connectivity index (χ1n) is 7.40. The monoisotopic (exact) mass is 372 g/mol. The van der Waals surface area contributed by atoms with Gasteiger partial charge in [-0.25, -0.2) is 26.9 Å². The molecule has 0 spiro atoms. The standard InChI is InChI=1S/C14H17F5N2O2S/c15-13(16)6-2-1-3-10(7-13)8-21-24(22,23)12-5-4-11(9-20-12)14(17,18)19/h4-5,9-10,21H,1-3,6-8H2. The minimum absolute atomic E-state index is 0.194. The van der Waals surface area contributed by atoms with Crippen LogP contribution in [0.1, 0.15) is 37.7 Å². The lowest BCUT2D eigenvalue weighted by atomic mass is 9.99. The summed E-state index contributed by atoms with van der Waals surface area (Å²) >= 11 is 0. The SMILES string of the molecule is O=S(=O)(NCC1CCCCC(F)(F)C1)c1ccc(C(F)(F)F)cn1. The van der Waals surface area contributed by atoms with Crippen LogP contribution in [0.2, 0.25) is 0 Å². The average Bonchev–Trinajstić information content (AvgIpc) is 2.65. The summed E-state index contributed by atoms with van der Waals surface area (Å²) in [6.07, 6.45) is -3.37. The van der Waals surface area contributed by atoms with Crippen molar-refractivity contribution in [3.63, 3.8) is 0 Å². The molecule has 1 aromatic rings. The average molecular weight is 372 g/mol. The Bertz CT molecular complexity index is 659. The number of rotatable bonds is 4. The smallest absolute Gasteiger partial charge is 0.243 e. The summed E-state index contributed by atoms with van der Waals surface area (Å²) in [5, 5.41) is -0.573. The second kappa shape index (κ2) is 6.91. The number of pyridine rings is 1. The molecule has 1 fully saturated rings. The largest absolute Gasteiger partial charge is 0.417 e. The predicted octanol–water partition coefficient (Wildman–Crippen LogP) is 3.59. The molecule has 136 valence electrons. The molecule has 24 heavy (non-hydrogen) atoms. The first-order chi connectivity index (χ1) is 11.0. The number of hydrogen-bond acceptors (Lipinski definition) is 3. The molecule has 0 radical (unpaired) electrons. The van der Waals surface area contributed by atoms with Crippen molar-refractivity contribution in [1.82, 2.24) is 9.71 Å². The van der Waals surface area contributed by atoms with E-state index in [-0.39, 0.29) is 13.0 Å². The van der Waals surface area contributed by atoms with Crippen LogP contribution >= 0.6 is 0 Å². The maximum absolute atomic E-state index is 13.5. The fourth-order valence-electron chi connectivity index (χ4n) is 2.63. The molecule has 0 amide bonds. The van der Waals surface area contributed by atoms with Crippen molar-refractivity contribution in [2.45, 2.75) is 49.2 Å². The Morgan fingerprint density at radius 3 is 2.54 bits per heavy atom. The quantitative estimate of drug-likeness (QED) is 0.649. The van der Waals surface area contributed by atoms with Gasteiger partial charge in [0.25, 0.3) is 10.0 Å². The van der Waals surface area contributed by atoms with Crippen LogP contribution in [-0.2, 0) is 16.2 Å². The maximum Gasteiger partial charge on any atom is 0.417 e. The van der Waals surface area contributed by atoms with Gasteiger partial charge in [0.1, 0.15) is 0 Å². The molecule has 4 nitrogen and oxygen atoms in total. The van der Waals surface area contributed by atoms with Gasteiger partial charge in [0, 0.05) is 25.6 Å². The van der Waals surface area contributed by atoms with E-state index in [4.69, 9.17) is 0 Å². The number of aromatic nitrogens is 1. The van der Waals surface area contributed by atoms with Crippen molar-refractivity contribution in [3.05, 3.63) is 23.9 Å². The van der Waals surface area contributed by atoms with Crippen molar-refractivity contribution in [1.29, 1.82) is 0 Å². The molecule has 1 aliphatic rings. The minimum Gasteiger partial charge on any atom is -0.243 e. The predicted molar refractivity (Wildman–Crippen MR) is 75.9 cm³/mol. The van der Waals surface area contributed by atoms with Gasteiger partial charge in [0.05, 0.1) is 5.56 Å². The topological polar surface area (TPSA) is 59.1 Å². The Balaban J connectivity index is 2.03. The van der Waals surface area contributed by atoms with E-state index < -0.39 is 45.1 Å². The van der Waals surface area contributed by atoms with Gasteiger partial charge in [-0.05, 0) is 30.9 Å². The van der Waals surface area contributed by atoms with E-state index in [1.807, 2.05) is 0 Å². The highest BCUT2D eigenvalue weighted by Gasteiger charge is 2.35. The van der Waals surface area contributed by atoms with Gasteiger partial charge in [-0.1, -0.05) is 6.42 Å². The zero-order valence-electron chi connectivity index (χ0n) is 12.6. The molecule has 0 saturated heterocycles. The van der Waals surface area contributed by atoms with E-state index in [0.29, 0.717) is 31.5 Å². The zero-order valence-corrected chi connectivity index (χ0v) is 13.4. The van der Waals surface area contributed by atoms with Crippen molar-refractivity contribution in [2.75, 3.05) is 6.54 Å². The molecule has 0 bridgehead atoms. The Hall–Kier alpha value is -1.29. The van der Waals surface area contributed by atoms with Crippen molar-refractivity contribution >= 4 is 10.0 Å². The van der Waals surface area contributed by atoms with Gasteiger partial charge in [-0.15, -0.1) is 0 Å². The summed E-state index contributed by atoms with van der Waals surface area (Å²) in [6, 6.07) is 1.36. The first kappa shape index (κ1) is 19.0. The summed E-state index contributed by atoms with van der Waals surface area (Å²) in [6.45, 7) is -0.194. The Morgan fingerprint density at radius 2 is 1.96 bits per heavy atom. The Morgan fingerprint density at radius 1 is 1.25 bits per heavy atom. The third kappa shape index (κ3) is 5.10. The van der Waals surface area contributed by atoms with Gasteiger partial charge in [0.15, 0.2) is 5.03 Å². The van der Waals surface area contributed by atoms with Gasteiger partial charge in [-0.2, -0.15) is 13.2 Å². The molecule has 1 heterocycles. The van der Waals surface area contributed by atoms with Crippen LogP contribution in [0.25, 0.3) is 0 Å². The van der Waals surface area contributed by atoms with Crippen molar-refractivity contribution < 1.29 is 30.4 Å². The third-order valence-corrected chi connectivity index (χ3v) is 5.23. The van der Waals surface area contributed by atoms with E-state index in [1.54, 1.807) is 0 Å². The van der Waals surface area contributed by atoms with Crippen LogP contribution in [0.3, 0.4) is 0 Å². The van der Waals surface area contributed by atoms with Crippen LogP contribution in [-0.4, -0.2) is 25.9 Å². The molecule has 1 aromatic heterocycles. The summed E-state index contributed by atoms with van der Waals surface area (Å²) in [5.74, 6) is -3.34. The van der Waals surface area contributed by atoms with Crippen molar-refractivity contribution in [2.24, 2.45) is 5.92 Å². The highest BCUT2D eigenvalue weighted by atomic mass is 32.2. The Kier molecular flexibility index (Phi) is 5.48. The molecule has 2 rings (SSSR count). The lowest BCUT2D eigenvalue weighted by Crippen LogP contribution is -2.32. The fraction of sp³-hybridized carbons (Fsp3) is 0.643. The van der Waals surface area contributed by atoms with E-state index in [0.717, 1.165) is 6.07 Å². The number of alkyl halides is 5. The van der Waals surface area contributed by atoms with E-state index in [2.05, 4.69) is 9.71 Å². The van der Waals surface area contributed by atoms with E-state index >= 15 is 0 Å². The number of sulfonamides is 1. The molecule has 1 N–H and O–H groups in total. The van der Waals surface area contributed by atoms with E-state index in [9.17, 15) is 30.4 Å². The molecule has 0 aliphatic heterocycles. The summed E-state index contributed by atoms with van der Waals surface area (Å²) in [7, 11) is -4.14. The minimum atomic E-state index is -4.62. The molecular weight excluding hydrogens is 355 g/mol. The summed E-state index contributed by atoms with van der Waals surface area (Å²) in [4.78, 5) is 3.31. The lowest BCUT2D eigenvalue weighted by molar-refractivity contribution is -0.137. The summed E-state index contributed by atoms with van der Waals surface area (Å²) < 4.78 is 90.6. The molecule has 1 aliphatic carbocycles. The highest BCUT2D eigenvalue weighted by Crippen LogP contribution is 2.35. The van der Waals surface area contributed by atoms with Gasteiger partial charge >= 0.3 is 6.18 Å². The number of halogens is 5. The fourth-order valence-corrected chi connectivity index (χ4v) is 3.67. The molecule has 1 saturated carbocycles. The van der Waals surface area contributed by atoms with Gasteiger partial charge in [-0.3, -0.25) is 0 Å². The zero-order chi connectivity index (χ0) is 18.0. The summed E-state index contributed by atoms with van der Waals surface area (Å²) in [5.41, 5.74) is -1.06. The molecular formula is C14H17F5N2O2S. The van der Waals surface area contributed by atoms with Crippen LogP contribution in [0.5, 0.6) is 0 Å². The highest BCUT2D eigenvalue weighted by molar-refractivity contribution is 7.89. The molecule has 1 unspecified atom stereocenters. The van der Waals surface area contributed by atoms with Crippen LogP contribution in [0.4, 0.5) is 22.0 Å². The van der Waals surface area contributed by atoms with Gasteiger partial charge < -0.3 is 0 Å². The molecule has 1 atom stereocenters. The van der Waals surface area contributed by atoms with E-state index in [1.165, 1.54) is 0 Å². The number of hydrogen-bond donors (Lipinski definition) is 1.